The molecule has 0 radical (unpaired) electrons. The van der Waals surface area contributed by atoms with Crippen LogP contribution in [0, 0.1) is 0 Å². The number of hydrogen-bond donors (Lipinski definition) is 1. The molecule has 0 amide bonds. The normalized spacial score (nSPS) is 17.3. The van der Waals surface area contributed by atoms with Crippen LogP contribution < -0.4 is 14.8 Å². The first-order valence-corrected chi connectivity index (χ1v) is 6.39. The first-order valence-electron chi connectivity index (χ1n) is 6.39. The number of fused-ring (bicyclic) bond motifs is 1. The number of ether oxygens (including phenoxy) is 3. The first kappa shape index (κ1) is 13.2. The van der Waals surface area contributed by atoms with Gasteiger partial charge in [0.05, 0.1) is 12.1 Å². The highest BCUT2D eigenvalue weighted by Crippen LogP contribution is 2.33. The summed E-state index contributed by atoms with van der Waals surface area (Å²) in [6.07, 6.45) is 1.11. The van der Waals surface area contributed by atoms with Crippen molar-refractivity contribution in [2.75, 3.05) is 27.4 Å². The smallest absolute Gasteiger partial charge is 0.161 e. The molecule has 4 heteroatoms. The minimum absolute atomic E-state index is 0.151. The van der Waals surface area contributed by atoms with Crippen LogP contribution in [0.15, 0.2) is 18.2 Å². The van der Waals surface area contributed by atoms with Crippen molar-refractivity contribution in [1.82, 2.24) is 5.32 Å². The predicted octanol–water partition coefficient (Wildman–Crippen LogP) is 2.14. The molecule has 0 bridgehead atoms. The molecule has 0 saturated carbocycles. The summed E-state index contributed by atoms with van der Waals surface area (Å²) in [4.78, 5) is 0. The Labute approximate surface area is 108 Å². The van der Waals surface area contributed by atoms with Crippen molar-refractivity contribution in [2.24, 2.45) is 0 Å². The molecule has 2 rings (SSSR count). The third-order valence-corrected chi connectivity index (χ3v) is 3.31. The van der Waals surface area contributed by atoms with Gasteiger partial charge in [0.25, 0.3) is 0 Å². The number of rotatable bonds is 5. The average molecular weight is 251 g/mol. The topological polar surface area (TPSA) is 39.7 Å². The van der Waals surface area contributed by atoms with Gasteiger partial charge in [-0.2, -0.15) is 0 Å². The monoisotopic (exact) mass is 251 g/mol. The molecule has 0 saturated heterocycles. The Kier molecular flexibility index (Phi) is 4.44. The van der Waals surface area contributed by atoms with Crippen LogP contribution in [0.4, 0.5) is 0 Å². The summed E-state index contributed by atoms with van der Waals surface area (Å²) in [7, 11) is 3.69. The molecular weight excluding hydrogens is 230 g/mol. The summed E-state index contributed by atoms with van der Waals surface area (Å²) < 4.78 is 16.7. The van der Waals surface area contributed by atoms with Crippen molar-refractivity contribution in [1.29, 1.82) is 0 Å². The Hall–Kier alpha value is -1.26. The lowest BCUT2D eigenvalue weighted by atomic mass is 9.99. The lowest BCUT2D eigenvalue weighted by Gasteiger charge is -2.26. The molecule has 2 atom stereocenters. The molecule has 0 fully saturated rings. The van der Waals surface area contributed by atoms with Crippen LogP contribution in [0.2, 0.25) is 0 Å². The third-order valence-electron chi connectivity index (χ3n) is 3.31. The van der Waals surface area contributed by atoms with Gasteiger partial charge in [-0.3, -0.25) is 0 Å². The number of nitrogens with one attached hydrogen (secondary N) is 1. The van der Waals surface area contributed by atoms with Crippen molar-refractivity contribution in [3.05, 3.63) is 23.8 Å². The fourth-order valence-corrected chi connectivity index (χ4v) is 2.36. The SMILES string of the molecule is CCC(OC)C(NC)c1ccc2c(c1)OCCO2. The van der Waals surface area contributed by atoms with Gasteiger partial charge in [0, 0.05) is 7.11 Å². The van der Waals surface area contributed by atoms with Crippen LogP contribution in [-0.2, 0) is 4.74 Å². The largest absolute Gasteiger partial charge is 0.486 e. The van der Waals surface area contributed by atoms with E-state index in [0.29, 0.717) is 13.2 Å². The quantitative estimate of drug-likeness (QED) is 0.870. The molecule has 1 aromatic rings. The minimum atomic E-state index is 0.151. The average Bonchev–Trinajstić information content (AvgIpc) is 2.44. The Balaban J connectivity index is 2.25. The van der Waals surface area contributed by atoms with Gasteiger partial charge >= 0.3 is 0 Å². The van der Waals surface area contributed by atoms with E-state index < -0.39 is 0 Å². The highest BCUT2D eigenvalue weighted by atomic mass is 16.6. The third kappa shape index (κ3) is 2.60. The van der Waals surface area contributed by atoms with Gasteiger partial charge in [-0.25, -0.2) is 0 Å². The molecule has 1 aromatic carbocycles. The molecule has 18 heavy (non-hydrogen) atoms. The van der Waals surface area contributed by atoms with Crippen molar-refractivity contribution in [3.8, 4) is 11.5 Å². The number of benzene rings is 1. The van der Waals surface area contributed by atoms with E-state index in [9.17, 15) is 0 Å². The van der Waals surface area contributed by atoms with E-state index in [1.54, 1.807) is 7.11 Å². The molecule has 100 valence electrons. The lowest BCUT2D eigenvalue weighted by molar-refractivity contribution is 0.0673. The second kappa shape index (κ2) is 6.07. The van der Waals surface area contributed by atoms with Gasteiger partial charge in [-0.1, -0.05) is 13.0 Å². The van der Waals surface area contributed by atoms with E-state index in [2.05, 4.69) is 18.3 Å². The van der Waals surface area contributed by atoms with Crippen molar-refractivity contribution in [2.45, 2.75) is 25.5 Å². The summed E-state index contributed by atoms with van der Waals surface area (Å²) in [6.45, 7) is 3.36. The second-order valence-electron chi connectivity index (χ2n) is 4.35. The zero-order valence-corrected chi connectivity index (χ0v) is 11.2. The summed E-state index contributed by atoms with van der Waals surface area (Å²) in [5.41, 5.74) is 1.16. The Bertz CT molecular complexity index is 391. The number of likely N-dealkylation sites (N-methyl/N-ethyl adjacent to an activating group) is 1. The number of hydrogen-bond acceptors (Lipinski definition) is 4. The van der Waals surface area contributed by atoms with Crippen molar-refractivity contribution in [3.63, 3.8) is 0 Å². The van der Waals surface area contributed by atoms with Crippen LogP contribution >= 0.6 is 0 Å². The predicted molar refractivity (Wildman–Crippen MR) is 70.3 cm³/mol. The lowest BCUT2D eigenvalue weighted by Crippen LogP contribution is -2.30. The van der Waals surface area contributed by atoms with E-state index in [1.165, 1.54) is 0 Å². The Morgan fingerprint density at radius 1 is 1.28 bits per heavy atom. The minimum Gasteiger partial charge on any atom is -0.486 e. The molecule has 1 aliphatic rings. The highest BCUT2D eigenvalue weighted by molar-refractivity contribution is 5.44. The second-order valence-corrected chi connectivity index (χ2v) is 4.35. The molecule has 1 N–H and O–H groups in total. The summed E-state index contributed by atoms with van der Waals surface area (Å²) >= 11 is 0. The van der Waals surface area contributed by atoms with E-state index >= 15 is 0 Å². The highest BCUT2D eigenvalue weighted by Gasteiger charge is 2.22. The van der Waals surface area contributed by atoms with E-state index in [4.69, 9.17) is 14.2 Å². The van der Waals surface area contributed by atoms with E-state index in [1.807, 2.05) is 19.2 Å². The molecule has 0 aliphatic carbocycles. The fraction of sp³-hybridized carbons (Fsp3) is 0.571. The molecule has 0 aromatic heterocycles. The van der Waals surface area contributed by atoms with Gasteiger partial charge in [0.2, 0.25) is 0 Å². The Morgan fingerprint density at radius 3 is 2.61 bits per heavy atom. The maximum Gasteiger partial charge on any atom is 0.161 e. The fourth-order valence-electron chi connectivity index (χ4n) is 2.36. The molecule has 4 nitrogen and oxygen atoms in total. The van der Waals surface area contributed by atoms with Gasteiger partial charge in [0.1, 0.15) is 13.2 Å². The summed E-state index contributed by atoms with van der Waals surface area (Å²) in [5, 5.41) is 3.31. The number of methoxy groups -OCH3 is 1. The van der Waals surface area contributed by atoms with Crippen LogP contribution in [0.3, 0.4) is 0 Å². The van der Waals surface area contributed by atoms with Gasteiger partial charge in [-0.05, 0) is 31.2 Å². The molecular formula is C14H21NO3. The molecule has 0 spiro atoms. The van der Waals surface area contributed by atoms with E-state index in [0.717, 1.165) is 23.5 Å². The van der Waals surface area contributed by atoms with Gasteiger partial charge in [-0.15, -0.1) is 0 Å². The van der Waals surface area contributed by atoms with Crippen LogP contribution in [0.5, 0.6) is 11.5 Å². The maximum atomic E-state index is 5.61. The molecule has 2 unspecified atom stereocenters. The van der Waals surface area contributed by atoms with Crippen LogP contribution in [0.1, 0.15) is 24.9 Å². The molecule has 1 heterocycles. The standard InChI is InChI=1S/C14H21NO3/c1-4-11(16-3)14(15-2)10-5-6-12-13(9-10)18-8-7-17-12/h5-6,9,11,14-15H,4,7-8H2,1-3H3. The van der Waals surface area contributed by atoms with Crippen molar-refractivity contribution < 1.29 is 14.2 Å². The Morgan fingerprint density at radius 2 is 2.00 bits per heavy atom. The van der Waals surface area contributed by atoms with Crippen LogP contribution in [-0.4, -0.2) is 33.5 Å². The van der Waals surface area contributed by atoms with E-state index in [-0.39, 0.29) is 12.1 Å². The summed E-state index contributed by atoms with van der Waals surface area (Å²) in [5.74, 6) is 1.65. The molecule has 1 aliphatic heterocycles. The summed E-state index contributed by atoms with van der Waals surface area (Å²) in [6, 6.07) is 6.24. The first-order chi connectivity index (χ1) is 8.80. The van der Waals surface area contributed by atoms with Gasteiger partial charge < -0.3 is 19.5 Å². The van der Waals surface area contributed by atoms with Gasteiger partial charge in [0.15, 0.2) is 11.5 Å². The zero-order chi connectivity index (χ0) is 13.0. The zero-order valence-electron chi connectivity index (χ0n) is 11.2. The maximum absolute atomic E-state index is 5.61. The van der Waals surface area contributed by atoms with Crippen LogP contribution in [0.25, 0.3) is 0 Å². The van der Waals surface area contributed by atoms with Crippen molar-refractivity contribution >= 4 is 0 Å².